The number of esters is 4. The molecule has 0 bridgehead atoms. The SMILES string of the molecule is CCCCCCCCCCCCCCC(=O)OC[C@H](COP(=O)(O)OC[C@H](O)COP(=O)(O)OC[C@@H](COC(=O)CCCCCCCCCCCCCCCCC(C)C)OC(=O)CCCCCCCCCCCCCCCCCCCCC(C)C)OC(=O)CCCCCCCCCCCCCC(C)C. The van der Waals surface area contributed by atoms with Gasteiger partial charge in [-0.25, -0.2) is 9.13 Å². The summed E-state index contributed by atoms with van der Waals surface area (Å²) in [5.41, 5.74) is 0. The van der Waals surface area contributed by atoms with Crippen LogP contribution >= 0.6 is 15.6 Å². The Morgan fingerprint density at radius 2 is 0.442 bits per heavy atom. The van der Waals surface area contributed by atoms with Crippen molar-refractivity contribution >= 4 is 39.5 Å². The first kappa shape index (κ1) is 102. The van der Waals surface area contributed by atoms with Crippen molar-refractivity contribution in [3.8, 4) is 0 Å². The summed E-state index contributed by atoms with van der Waals surface area (Å²) >= 11 is 0. The van der Waals surface area contributed by atoms with E-state index < -0.39 is 97.5 Å². The van der Waals surface area contributed by atoms with Crippen molar-refractivity contribution in [2.75, 3.05) is 39.6 Å². The van der Waals surface area contributed by atoms with Crippen molar-refractivity contribution in [2.24, 2.45) is 17.8 Å². The summed E-state index contributed by atoms with van der Waals surface area (Å²) in [6.07, 6.45) is 65.2. The quantitative estimate of drug-likeness (QED) is 0.0222. The Morgan fingerprint density at radius 1 is 0.260 bits per heavy atom. The lowest BCUT2D eigenvalue weighted by molar-refractivity contribution is -0.161. The molecule has 0 heterocycles. The van der Waals surface area contributed by atoms with Gasteiger partial charge in [-0.2, -0.15) is 0 Å². The van der Waals surface area contributed by atoms with E-state index in [1.54, 1.807) is 0 Å². The molecule has 2 unspecified atom stereocenters. The molecule has 0 aliphatic heterocycles. The minimum absolute atomic E-state index is 0.107. The van der Waals surface area contributed by atoms with Gasteiger partial charge in [-0.05, 0) is 43.4 Å². The average Bonchev–Trinajstić information content (AvgIpc) is 1.01. The normalized spacial score (nSPS) is 13.9. The number of phosphoric ester groups is 2. The average molecular weight is 1520 g/mol. The molecule has 0 rings (SSSR count). The summed E-state index contributed by atoms with van der Waals surface area (Å²) < 4.78 is 68.9. The highest BCUT2D eigenvalue weighted by Gasteiger charge is 2.30. The predicted octanol–water partition coefficient (Wildman–Crippen LogP) is 25.7. The van der Waals surface area contributed by atoms with Gasteiger partial charge in [0.15, 0.2) is 12.2 Å². The number of carbonyl (C=O) groups is 4. The van der Waals surface area contributed by atoms with E-state index in [0.29, 0.717) is 25.7 Å². The van der Waals surface area contributed by atoms with Gasteiger partial charge in [0.2, 0.25) is 0 Å². The van der Waals surface area contributed by atoms with Crippen LogP contribution in [-0.2, 0) is 65.4 Å². The second-order valence-corrected chi connectivity index (χ2v) is 34.9. The molecule has 0 fully saturated rings. The third-order valence-corrected chi connectivity index (χ3v) is 21.8. The second kappa shape index (κ2) is 75.1. The number of ether oxygens (including phenoxy) is 4. The van der Waals surface area contributed by atoms with E-state index in [0.717, 1.165) is 108 Å². The molecule has 0 aliphatic rings. The second-order valence-electron chi connectivity index (χ2n) is 32.0. The van der Waals surface area contributed by atoms with Crippen LogP contribution in [0.5, 0.6) is 0 Å². The van der Waals surface area contributed by atoms with E-state index >= 15 is 0 Å². The molecule has 17 nitrogen and oxygen atoms in total. The van der Waals surface area contributed by atoms with Gasteiger partial charge < -0.3 is 33.8 Å². The molecule has 0 aromatic rings. The fraction of sp³-hybridized carbons (Fsp3) is 0.953. The molecular formula is C85H166O17P2. The van der Waals surface area contributed by atoms with Crippen molar-refractivity contribution in [3.05, 3.63) is 0 Å². The first-order valence-electron chi connectivity index (χ1n) is 43.8. The molecule has 0 aromatic carbocycles. The van der Waals surface area contributed by atoms with Crippen molar-refractivity contribution in [3.63, 3.8) is 0 Å². The van der Waals surface area contributed by atoms with Crippen molar-refractivity contribution in [2.45, 2.75) is 465 Å². The summed E-state index contributed by atoms with van der Waals surface area (Å²) in [7, 11) is -9.93. The van der Waals surface area contributed by atoms with Gasteiger partial charge in [0, 0.05) is 25.7 Å². The zero-order valence-electron chi connectivity index (χ0n) is 68.5. The van der Waals surface area contributed by atoms with Crippen molar-refractivity contribution in [1.82, 2.24) is 0 Å². The van der Waals surface area contributed by atoms with E-state index in [4.69, 9.17) is 37.0 Å². The number of phosphoric acid groups is 2. The van der Waals surface area contributed by atoms with Crippen LogP contribution in [0.4, 0.5) is 0 Å². The minimum Gasteiger partial charge on any atom is -0.462 e. The van der Waals surface area contributed by atoms with E-state index in [1.807, 2.05) is 0 Å². The van der Waals surface area contributed by atoms with Gasteiger partial charge in [0.1, 0.15) is 19.3 Å². The lowest BCUT2D eigenvalue weighted by Gasteiger charge is -2.21. The van der Waals surface area contributed by atoms with Crippen molar-refractivity contribution < 1.29 is 80.2 Å². The third kappa shape index (κ3) is 78.2. The summed E-state index contributed by atoms with van der Waals surface area (Å²) in [5.74, 6) is 0.281. The molecule has 0 aromatic heterocycles. The van der Waals surface area contributed by atoms with Crippen LogP contribution in [0.3, 0.4) is 0 Å². The number of hydrogen-bond acceptors (Lipinski definition) is 15. The zero-order valence-corrected chi connectivity index (χ0v) is 70.3. The molecule has 618 valence electrons. The molecule has 19 heteroatoms. The Morgan fingerprint density at radius 3 is 0.654 bits per heavy atom. The van der Waals surface area contributed by atoms with E-state index in [2.05, 4.69) is 48.5 Å². The van der Waals surface area contributed by atoms with Crippen LogP contribution in [0.1, 0.15) is 447 Å². The standard InChI is InChI=1S/C85H166O17P2/c1-8-9-10-11-12-13-14-31-38-45-52-59-66-82(87)95-72-81(102-85(90)69-62-55-48-41-34-27-30-37-44-51-58-65-78(6)7)75-100-104(93,94)98-71-79(86)70-97-103(91,92)99-74-80(73-96-83(88)67-60-53-46-39-32-25-22-21-24-29-36-43-50-57-64-77(4)5)101-84(89)68-61-54-47-40-33-26-20-18-16-15-17-19-23-28-35-42-49-56-63-76(2)3/h76-81,86H,8-75H2,1-7H3,(H,91,92)(H,93,94)/t79-,80-,81-/m1/s1. The molecule has 104 heavy (non-hydrogen) atoms. The van der Waals surface area contributed by atoms with Crippen LogP contribution < -0.4 is 0 Å². The van der Waals surface area contributed by atoms with E-state index in [-0.39, 0.29) is 25.7 Å². The molecule has 0 spiro atoms. The van der Waals surface area contributed by atoms with Crippen molar-refractivity contribution in [1.29, 1.82) is 0 Å². The molecule has 3 N–H and O–H groups in total. The number of carbonyl (C=O) groups excluding carboxylic acids is 4. The molecule has 5 atom stereocenters. The third-order valence-electron chi connectivity index (χ3n) is 19.9. The van der Waals surface area contributed by atoms with Crippen LogP contribution in [0.25, 0.3) is 0 Å². The summed E-state index contributed by atoms with van der Waals surface area (Å²) in [4.78, 5) is 73.2. The number of aliphatic hydroxyl groups excluding tert-OH is 1. The number of unbranched alkanes of at least 4 members (excludes halogenated alkanes) is 51. The maximum atomic E-state index is 13.1. The maximum absolute atomic E-state index is 13.1. The van der Waals surface area contributed by atoms with Crippen LogP contribution in [0, 0.1) is 17.8 Å². The van der Waals surface area contributed by atoms with Gasteiger partial charge in [-0.15, -0.1) is 0 Å². The molecule has 0 aliphatic carbocycles. The molecular weight excluding hydrogens is 1350 g/mol. The minimum atomic E-state index is -4.97. The van der Waals surface area contributed by atoms with Gasteiger partial charge in [0.25, 0.3) is 0 Å². The number of aliphatic hydroxyl groups is 1. The lowest BCUT2D eigenvalue weighted by Crippen LogP contribution is -2.30. The molecule has 0 amide bonds. The van der Waals surface area contributed by atoms with Gasteiger partial charge in [-0.1, -0.05) is 395 Å². The Hall–Kier alpha value is -1.94. The van der Waals surface area contributed by atoms with Crippen LogP contribution in [-0.4, -0.2) is 96.7 Å². The fourth-order valence-electron chi connectivity index (χ4n) is 13.2. The van der Waals surface area contributed by atoms with Gasteiger partial charge in [0.05, 0.1) is 26.4 Å². The Balaban J connectivity index is 5.25. The fourth-order valence-corrected chi connectivity index (χ4v) is 14.8. The highest BCUT2D eigenvalue weighted by atomic mass is 31.2. The molecule has 0 radical (unpaired) electrons. The van der Waals surface area contributed by atoms with E-state index in [9.17, 15) is 43.2 Å². The topological polar surface area (TPSA) is 237 Å². The van der Waals surface area contributed by atoms with E-state index in [1.165, 1.54) is 257 Å². The highest BCUT2D eigenvalue weighted by molar-refractivity contribution is 7.47. The monoisotopic (exact) mass is 1520 g/mol. The molecule has 0 saturated carbocycles. The summed E-state index contributed by atoms with van der Waals surface area (Å²) in [5, 5.41) is 10.7. The number of hydrogen-bond donors (Lipinski definition) is 3. The number of rotatable bonds is 83. The highest BCUT2D eigenvalue weighted by Crippen LogP contribution is 2.45. The van der Waals surface area contributed by atoms with Gasteiger partial charge in [-0.3, -0.25) is 37.3 Å². The maximum Gasteiger partial charge on any atom is 0.472 e. The van der Waals surface area contributed by atoms with Gasteiger partial charge >= 0.3 is 39.5 Å². The van der Waals surface area contributed by atoms with Crippen LogP contribution in [0.15, 0.2) is 0 Å². The summed E-state index contributed by atoms with van der Waals surface area (Å²) in [6, 6.07) is 0. The first-order chi connectivity index (χ1) is 50.2. The Labute approximate surface area is 638 Å². The van der Waals surface area contributed by atoms with Crippen LogP contribution in [0.2, 0.25) is 0 Å². The smallest absolute Gasteiger partial charge is 0.462 e. The molecule has 0 saturated heterocycles. The zero-order chi connectivity index (χ0) is 76.5. The largest absolute Gasteiger partial charge is 0.472 e. The first-order valence-corrected chi connectivity index (χ1v) is 46.8. The summed E-state index contributed by atoms with van der Waals surface area (Å²) in [6.45, 7) is 12.0. The predicted molar refractivity (Wildman–Crippen MR) is 428 cm³/mol. The Bertz CT molecular complexity index is 2010. The lowest BCUT2D eigenvalue weighted by atomic mass is 10.0. The Kier molecular flexibility index (Phi) is 73.7.